The molecule has 2 heterocycles. The quantitative estimate of drug-likeness (QED) is 0.263. The van der Waals surface area contributed by atoms with E-state index in [1.165, 1.54) is 6.92 Å². The van der Waals surface area contributed by atoms with Gasteiger partial charge in [-0.15, -0.1) is 23.2 Å². The van der Waals surface area contributed by atoms with Gasteiger partial charge in [-0.25, -0.2) is 0 Å². The van der Waals surface area contributed by atoms with Crippen LogP contribution in [0.25, 0.3) is 21.7 Å². The van der Waals surface area contributed by atoms with E-state index in [0.29, 0.717) is 17.8 Å². The lowest BCUT2D eigenvalue weighted by Gasteiger charge is -2.17. The van der Waals surface area contributed by atoms with Crippen LogP contribution in [0, 0.1) is 0 Å². The number of fused-ring (bicyclic) bond motifs is 4. The van der Waals surface area contributed by atoms with Gasteiger partial charge >= 0.3 is 0 Å². The molecule has 0 spiro atoms. The highest BCUT2D eigenvalue weighted by atomic mass is 35.5. The number of amides is 1. The lowest BCUT2D eigenvalue weighted by molar-refractivity contribution is 0.0982. The Labute approximate surface area is 195 Å². The molecule has 0 fully saturated rings. The second-order valence-corrected chi connectivity index (χ2v) is 8.64. The summed E-state index contributed by atoms with van der Waals surface area (Å²) in [5.41, 5.74) is 3.73. The maximum Gasteiger partial charge on any atom is 0.274 e. The number of alkyl halides is 2. The number of carbonyl (C=O) groups excluding carboxylic acids is 2. The molecule has 5 nitrogen and oxygen atoms in total. The van der Waals surface area contributed by atoms with Crippen LogP contribution in [0.5, 0.6) is 5.75 Å². The Balaban J connectivity index is 0.000000775. The first-order chi connectivity index (χ1) is 15.3. The van der Waals surface area contributed by atoms with E-state index in [2.05, 4.69) is 11.9 Å². The molecular weight excluding hydrogens is 447 g/mol. The largest absolute Gasteiger partial charge is 0.507 e. The average molecular weight is 469 g/mol. The van der Waals surface area contributed by atoms with Crippen molar-refractivity contribution in [1.29, 1.82) is 0 Å². The number of anilines is 1. The van der Waals surface area contributed by atoms with Crippen LogP contribution in [0.1, 0.15) is 46.2 Å². The molecule has 4 aromatic rings. The topological polar surface area (TPSA) is 73.4 Å². The van der Waals surface area contributed by atoms with Gasteiger partial charge in [0, 0.05) is 40.4 Å². The molecule has 1 aliphatic heterocycles. The van der Waals surface area contributed by atoms with E-state index in [0.717, 1.165) is 32.9 Å². The standard InChI is InChI=1S/C24H20N2O3.CH2Cl2/c1-13-12-26(21-11-22(28)17-5-3-4-6-18(17)23(13)21)24(29)20-10-16-9-15(14(2)27)7-8-19(16)25-20;2-1-3/h3-11,13,25,28H,12H2,1-2H3;1H2/t13-;/m1./s1. The average Bonchev–Trinajstić information content (AvgIpc) is 3.34. The van der Waals surface area contributed by atoms with Gasteiger partial charge in [-0.3, -0.25) is 9.59 Å². The molecule has 5 rings (SSSR count). The number of hydrogen-bond acceptors (Lipinski definition) is 3. The van der Waals surface area contributed by atoms with Crippen LogP contribution >= 0.6 is 23.2 Å². The Morgan fingerprint density at radius 1 is 1.09 bits per heavy atom. The van der Waals surface area contributed by atoms with Crippen LogP contribution in [-0.2, 0) is 0 Å². The van der Waals surface area contributed by atoms with Crippen molar-refractivity contribution in [3.63, 3.8) is 0 Å². The number of aromatic amines is 1. The van der Waals surface area contributed by atoms with Crippen LogP contribution in [0.2, 0.25) is 0 Å². The SMILES string of the molecule is CC(=O)c1ccc2[nH]c(C(=O)N3C[C@@H](C)c4c3cc(O)c3ccccc43)cc2c1.ClCCl. The maximum atomic E-state index is 13.3. The summed E-state index contributed by atoms with van der Waals surface area (Å²) in [6.45, 7) is 4.18. The van der Waals surface area contributed by atoms with Gasteiger partial charge in [-0.05, 0) is 42.1 Å². The van der Waals surface area contributed by atoms with Crippen LogP contribution in [0.4, 0.5) is 5.69 Å². The first-order valence-corrected chi connectivity index (χ1v) is 11.2. The molecule has 0 unspecified atom stereocenters. The lowest BCUT2D eigenvalue weighted by atomic mass is 9.95. The third-order valence-corrected chi connectivity index (χ3v) is 5.79. The normalized spacial score (nSPS) is 14.9. The predicted octanol–water partition coefficient (Wildman–Crippen LogP) is 6.41. The van der Waals surface area contributed by atoms with Gasteiger partial charge in [-0.1, -0.05) is 31.2 Å². The highest BCUT2D eigenvalue weighted by Crippen LogP contribution is 2.45. The molecule has 0 saturated carbocycles. The Kier molecular flexibility index (Phi) is 6.13. The Morgan fingerprint density at radius 3 is 2.47 bits per heavy atom. The molecule has 32 heavy (non-hydrogen) atoms. The van der Waals surface area contributed by atoms with E-state index in [9.17, 15) is 14.7 Å². The van der Waals surface area contributed by atoms with Crippen molar-refractivity contribution in [1.82, 2.24) is 4.98 Å². The van der Waals surface area contributed by atoms with Crippen LogP contribution in [0.3, 0.4) is 0 Å². The molecule has 0 aliphatic carbocycles. The summed E-state index contributed by atoms with van der Waals surface area (Å²) in [6.07, 6.45) is 0. The van der Waals surface area contributed by atoms with Crippen LogP contribution < -0.4 is 4.90 Å². The molecule has 1 amide bonds. The van der Waals surface area contributed by atoms with Gasteiger partial charge in [0.05, 0.1) is 11.0 Å². The minimum absolute atomic E-state index is 0.00868. The predicted molar refractivity (Wildman–Crippen MR) is 131 cm³/mol. The number of nitrogens with zero attached hydrogens (tertiary/aromatic N) is 1. The zero-order valence-electron chi connectivity index (χ0n) is 17.7. The summed E-state index contributed by atoms with van der Waals surface area (Å²) in [6, 6.07) is 16.6. The Bertz CT molecular complexity index is 1350. The summed E-state index contributed by atoms with van der Waals surface area (Å²) in [5.74, 6) is 0.179. The fourth-order valence-electron chi connectivity index (χ4n) is 4.37. The summed E-state index contributed by atoms with van der Waals surface area (Å²) < 4.78 is 0. The number of phenolic OH excluding ortho intramolecular Hbond substituents is 1. The zero-order valence-corrected chi connectivity index (χ0v) is 19.2. The van der Waals surface area contributed by atoms with Crippen molar-refractivity contribution >= 4 is 62.3 Å². The zero-order chi connectivity index (χ0) is 23.0. The number of halogens is 2. The van der Waals surface area contributed by atoms with Gasteiger partial charge in [-0.2, -0.15) is 0 Å². The molecule has 0 bridgehead atoms. The number of hydrogen-bond donors (Lipinski definition) is 2. The Hall–Kier alpha value is -3.02. The summed E-state index contributed by atoms with van der Waals surface area (Å²) in [4.78, 5) is 29.9. The van der Waals surface area contributed by atoms with Crippen LogP contribution in [-0.4, -0.2) is 33.7 Å². The number of ketones is 1. The second kappa shape index (κ2) is 8.85. The molecule has 164 valence electrons. The molecule has 0 saturated heterocycles. The highest BCUT2D eigenvalue weighted by molar-refractivity contribution is 6.40. The summed E-state index contributed by atoms with van der Waals surface area (Å²) in [7, 11) is 0. The minimum atomic E-state index is -0.147. The molecule has 7 heteroatoms. The molecule has 1 atom stereocenters. The molecule has 1 aromatic heterocycles. The number of Topliss-reactive ketones (excluding diaryl/α,β-unsaturated/α-hetero) is 1. The van der Waals surface area contributed by atoms with E-state index in [4.69, 9.17) is 23.2 Å². The van der Waals surface area contributed by atoms with Crippen LogP contribution in [0.15, 0.2) is 54.6 Å². The number of nitrogens with one attached hydrogen (secondary N) is 1. The number of phenols is 1. The Morgan fingerprint density at radius 2 is 1.78 bits per heavy atom. The fourth-order valence-corrected chi connectivity index (χ4v) is 4.37. The highest BCUT2D eigenvalue weighted by Gasteiger charge is 2.33. The van der Waals surface area contributed by atoms with Crippen molar-refractivity contribution in [2.24, 2.45) is 0 Å². The van der Waals surface area contributed by atoms with E-state index >= 15 is 0 Å². The number of rotatable bonds is 2. The van der Waals surface area contributed by atoms with Crippen molar-refractivity contribution in [3.05, 3.63) is 71.4 Å². The van der Waals surface area contributed by atoms with Crippen molar-refractivity contribution in [2.45, 2.75) is 19.8 Å². The number of carbonyl (C=O) groups is 2. The first-order valence-electron chi connectivity index (χ1n) is 10.2. The maximum absolute atomic E-state index is 13.3. The molecular formula is C25H22Cl2N2O3. The third kappa shape index (κ3) is 3.83. The molecule has 2 N–H and O–H groups in total. The number of aromatic hydroxyl groups is 1. The minimum Gasteiger partial charge on any atom is -0.507 e. The van der Waals surface area contributed by atoms with Crippen molar-refractivity contribution in [3.8, 4) is 5.75 Å². The van der Waals surface area contributed by atoms with Crippen molar-refractivity contribution in [2.75, 3.05) is 16.8 Å². The van der Waals surface area contributed by atoms with Gasteiger partial charge in [0.25, 0.3) is 5.91 Å². The number of aromatic nitrogens is 1. The van der Waals surface area contributed by atoms with Crippen molar-refractivity contribution < 1.29 is 14.7 Å². The van der Waals surface area contributed by atoms with E-state index in [-0.39, 0.29) is 28.7 Å². The number of H-pyrrole nitrogens is 1. The monoisotopic (exact) mass is 468 g/mol. The fraction of sp³-hybridized carbons (Fsp3) is 0.200. The van der Waals surface area contributed by atoms with Gasteiger partial charge < -0.3 is 15.0 Å². The lowest BCUT2D eigenvalue weighted by Crippen LogP contribution is -2.29. The molecule has 3 aromatic carbocycles. The molecule has 1 aliphatic rings. The van der Waals surface area contributed by atoms with Gasteiger partial charge in [0.15, 0.2) is 5.78 Å². The smallest absolute Gasteiger partial charge is 0.274 e. The first kappa shape index (κ1) is 22.2. The van der Waals surface area contributed by atoms with E-state index in [1.54, 1.807) is 29.2 Å². The summed E-state index contributed by atoms with van der Waals surface area (Å²) in [5, 5.41) is 13.3. The van der Waals surface area contributed by atoms with E-state index < -0.39 is 0 Å². The second-order valence-electron chi connectivity index (χ2n) is 7.83. The van der Waals surface area contributed by atoms with Gasteiger partial charge in [0.2, 0.25) is 0 Å². The number of benzene rings is 3. The third-order valence-electron chi connectivity index (χ3n) is 5.79. The molecule has 0 radical (unpaired) electrons. The van der Waals surface area contributed by atoms with E-state index in [1.807, 2.05) is 30.3 Å². The van der Waals surface area contributed by atoms with Gasteiger partial charge in [0.1, 0.15) is 11.4 Å². The summed E-state index contributed by atoms with van der Waals surface area (Å²) >= 11 is 9.53.